The first-order valence-electron chi connectivity index (χ1n) is 7.82. The van der Waals surface area contributed by atoms with Crippen LogP contribution in [0.3, 0.4) is 0 Å². The average molecular weight is 369 g/mol. The summed E-state index contributed by atoms with van der Waals surface area (Å²) in [6, 6.07) is 5.94. The summed E-state index contributed by atoms with van der Waals surface area (Å²) in [6.07, 6.45) is 3.51. The maximum atomic E-state index is 12.0. The maximum absolute atomic E-state index is 12.0. The van der Waals surface area contributed by atoms with E-state index in [9.17, 15) is 4.79 Å². The molecular formula is C17H25BrN2O2. The van der Waals surface area contributed by atoms with Crippen LogP contribution in [0.1, 0.15) is 31.7 Å². The van der Waals surface area contributed by atoms with Crippen LogP contribution in [0, 0.1) is 5.41 Å². The topological polar surface area (TPSA) is 50.4 Å². The van der Waals surface area contributed by atoms with Crippen LogP contribution in [0.5, 0.6) is 5.75 Å². The molecule has 0 unspecified atom stereocenters. The number of methoxy groups -OCH3 is 1. The minimum atomic E-state index is 0.131. The van der Waals surface area contributed by atoms with Gasteiger partial charge in [-0.1, -0.05) is 13.0 Å². The smallest absolute Gasteiger partial charge is 0.220 e. The highest BCUT2D eigenvalue weighted by molar-refractivity contribution is 9.10. The molecular weight excluding hydrogens is 344 g/mol. The van der Waals surface area contributed by atoms with E-state index in [1.165, 1.54) is 0 Å². The predicted octanol–water partition coefficient (Wildman–Crippen LogP) is 2.90. The lowest BCUT2D eigenvalue weighted by molar-refractivity contribution is -0.121. The third-order valence-electron chi connectivity index (χ3n) is 4.38. The number of carbonyl (C=O) groups is 1. The Labute approximate surface area is 141 Å². The van der Waals surface area contributed by atoms with Crippen molar-refractivity contribution < 1.29 is 9.53 Å². The van der Waals surface area contributed by atoms with E-state index in [0.29, 0.717) is 6.42 Å². The molecule has 2 rings (SSSR count). The van der Waals surface area contributed by atoms with Crippen molar-refractivity contribution in [2.45, 2.75) is 32.6 Å². The molecule has 0 aromatic heterocycles. The van der Waals surface area contributed by atoms with E-state index < -0.39 is 0 Å². The Morgan fingerprint density at radius 1 is 1.41 bits per heavy atom. The second kappa shape index (κ2) is 7.97. The van der Waals surface area contributed by atoms with Gasteiger partial charge in [0.2, 0.25) is 5.91 Å². The van der Waals surface area contributed by atoms with Crippen molar-refractivity contribution in [3.63, 3.8) is 0 Å². The van der Waals surface area contributed by atoms with Crippen molar-refractivity contribution in [3.8, 4) is 5.75 Å². The minimum Gasteiger partial charge on any atom is -0.496 e. The monoisotopic (exact) mass is 368 g/mol. The zero-order valence-corrected chi connectivity index (χ0v) is 15.0. The molecule has 1 saturated heterocycles. The van der Waals surface area contributed by atoms with E-state index in [1.807, 2.05) is 18.2 Å². The summed E-state index contributed by atoms with van der Waals surface area (Å²) in [5, 5.41) is 6.46. The summed E-state index contributed by atoms with van der Waals surface area (Å²) in [6.45, 7) is 5.13. The number of benzene rings is 1. The normalized spacial score (nSPS) is 17.0. The molecule has 122 valence electrons. The van der Waals surface area contributed by atoms with Gasteiger partial charge in [-0.05, 0) is 71.4 Å². The first-order valence-corrected chi connectivity index (χ1v) is 8.61. The highest BCUT2D eigenvalue weighted by atomic mass is 79.9. The second-order valence-electron chi connectivity index (χ2n) is 6.31. The first-order chi connectivity index (χ1) is 10.5. The summed E-state index contributed by atoms with van der Waals surface area (Å²) >= 11 is 3.47. The fraction of sp³-hybridized carbons (Fsp3) is 0.588. The number of nitrogens with one attached hydrogen (secondary N) is 2. The van der Waals surface area contributed by atoms with Crippen LogP contribution in [0.4, 0.5) is 0 Å². The molecule has 1 heterocycles. The zero-order valence-electron chi connectivity index (χ0n) is 13.4. The summed E-state index contributed by atoms with van der Waals surface area (Å²) in [7, 11) is 1.65. The van der Waals surface area contributed by atoms with Crippen LogP contribution >= 0.6 is 15.9 Å². The predicted molar refractivity (Wildman–Crippen MR) is 92.2 cm³/mol. The summed E-state index contributed by atoms with van der Waals surface area (Å²) < 4.78 is 6.14. The van der Waals surface area contributed by atoms with E-state index in [0.717, 1.165) is 54.7 Å². The maximum Gasteiger partial charge on any atom is 0.220 e. The summed E-state index contributed by atoms with van der Waals surface area (Å²) in [5.41, 5.74) is 1.38. The van der Waals surface area contributed by atoms with Gasteiger partial charge in [0.05, 0.1) is 11.6 Å². The molecule has 1 aliphatic rings. The molecule has 1 aromatic carbocycles. The molecule has 0 bridgehead atoms. The number of piperidine rings is 1. The van der Waals surface area contributed by atoms with Gasteiger partial charge in [0.15, 0.2) is 0 Å². The number of hydrogen-bond acceptors (Lipinski definition) is 3. The van der Waals surface area contributed by atoms with Crippen molar-refractivity contribution in [3.05, 3.63) is 28.2 Å². The number of hydrogen-bond donors (Lipinski definition) is 2. The number of ether oxygens (including phenoxy) is 1. The van der Waals surface area contributed by atoms with Gasteiger partial charge in [-0.25, -0.2) is 0 Å². The first kappa shape index (κ1) is 17.3. The zero-order chi connectivity index (χ0) is 16.0. The van der Waals surface area contributed by atoms with E-state index in [1.54, 1.807) is 7.11 Å². The van der Waals surface area contributed by atoms with E-state index in [2.05, 4.69) is 33.5 Å². The van der Waals surface area contributed by atoms with Crippen molar-refractivity contribution >= 4 is 21.8 Å². The highest BCUT2D eigenvalue weighted by Gasteiger charge is 2.26. The van der Waals surface area contributed by atoms with Gasteiger partial charge in [0.1, 0.15) is 5.75 Å². The fourth-order valence-electron chi connectivity index (χ4n) is 2.73. The van der Waals surface area contributed by atoms with E-state index in [4.69, 9.17) is 4.74 Å². The Hall–Kier alpha value is -1.07. The average Bonchev–Trinajstić information content (AvgIpc) is 2.52. The lowest BCUT2D eigenvalue weighted by atomic mass is 9.81. The number of halogens is 1. The van der Waals surface area contributed by atoms with E-state index in [-0.39, 0.29) is 11.3 Å². The summed E-state index contributed by atoms with van der Waals surface area (Å²) in [5.74, 6) is 0.943. The molecule has 1 amide bonds. The Morgan fingerprint density at radius 3 is 2.77 bits per heavy atom. The van der Waals surface area contributed by atoms with Gasteiger partial charge in [-0.3, -0.25) is 4.79 Å². The second-order valence-corrected chi connectivity index (χ2v) is 7.16. The molecule has 1 aromatic rings. The quantitative estimate of drug-likeness (QED) is 0.811. The van der Waals surface area contributed by atoms with Crippen LogP contribution in [-0.4, -0.2) is 32.7 Å². The van der Waals surface area contributed by atoms with Crippen LogP contribution in [-0.2, 0) is 11.2 Å². The number of amides is 1. The number of aryl methyl sites for hydroxylation is 1. The van der Waals surface area contributed by atoms with Gasteiger partial charge < -0.3 is 15.4 Å². The molecule has 0 aliphatic carbocycles. The molecule has 2 N–H and O–H groups in total. The standard InChI is InChI=1S/C17H25BrN2O2/c1-17(7-9-19-10-8-17)12-20-16(21)6-4-13-3-5-15(22-2)14(18)11-13/h3,5,11,19H,4,6-10,12H2,1-2H3,(H,20,21). The SMILES string of the molecule is COc1ccc(CCC(=O)NCC2(C)CCNCC2)cc1Br. The van der Waals surface area contributed by atoms with Crippen molar-refractivity contribution in [2.24, 2.45) is 5.41 Å². The van der Waals surface area contributed by atoms with Crippen LogP contribution in [0.25, 0.3) is 0 Å². The van der Waals surface area contributed by atoms with Crippen molar-refractivity contribution in [2.75, 3.05) is 26.7 Å². The molecule has 0 saturated carbocycles. The van der Waals surface area contributed by atoms with Gasteiger partial charge >= 0.3 is 0 Å². The van der Waals surface area contributed by atoms with Crippen LogP contribution in [0.15, 0.2) is 22.7 Å². The molecule has 0 radical (unpaired) electrons. The Kier molecular flexibility index (Phi) is 6.26. The number of rotatable bonds is 6. The van der Waals surface area contributed by atoms with Crippen molar-refractivity contribution in [1.29, 1.82) is 0 Å². The molecule has 0 spiro atoms. The lowest BCUT2D eigenvalue weighted by Gasteiger charge is -2.34. The van der Waals surface area contributed by atoms with Gasteiger partial charge in [-0.2, -0.15) is 0 Å². The Bertz CT molecular complexity index is 513. The third-order valence-corrected chi connectivity index (χ3v) is 5.00. The molecule has 4 nitrogen and oxygen atoms in total. The van der Waals surface area contributed by atoms with Gasteiger partial charge in [0, 0.05) is 13.0 Å². The number of carbonyl (C=O) groups excluding carboxylic acids is 1. The Morgan fingerprint density at radius 2 is 2.14 bits per heavy atom. The molecule has 22 heavy (non-hydrogen) atoms. The highest BCUT2D eigenvalue weighted by Crippen LogP contribution is 2.27. The third kappa shape index (κ3) is 4.99. The fourth-order valence-corrected chi connectivity index (χ4v) is 3.32. The molecule has 1 fully saturated rings. The lowest BCUT2D eigenvalue weighted by Crippen LogP contribution is -2.42. The van der Waals surface area contributed by atoms with Crippen LogP contribution < -0.4 is 15.4 Å². The largest absolute Gasteiger partial charge is 0.496 e. The Balaban J connectivity index is 1.76. The molecule has 5 heteroatoms. The van der Waals surface area contributed by atoms with Gasteiger partial charge in [-0.15, -0.1) is 0 Å². The minimum absolute atomic E-state index is 0.131. The van der Waals surface area contributed by atoms with E-state index >= 15 is 0 Å². The molecule has 1 aliphatic heterocycles. The summed E-state index contributed by atoms with van der Waals surface area (Å²) in [4.78, 5) is 12.0. The molecule has 0 atom stereocenters. The van der Waals surface area contributed by atoms with Crippen LogP contribution in [0.2, 0.25) is 0 Å². The van der Waals surface area contributed by atoms with Crippen molar-refractivity contribution in [1.82, 2.24) is 10.6 Å². The van der Waals surface area contributed by atoms with Gasteiger partial charge in [0.25, 0.3) is 0 Å².